The number of hydrogen-bond donors (Lipinski definition) is 2. The maximum absolute atomic E-state index is 6.01. The minimum Gasteiger partial charge on any atom is -0.337 e. The van der Waals surface area contributed by atoms with Gasteiger partial charge in [-0.1, -0.05) is 29.3 Å². The van der Waals surface area contributed by atoms with Gasteiger partial charge >= 0.3 is 0 Å². The van der Waals surface area contributed by atoms with Crippen molar-refractivity contribution in [3.63, 3.8) is 0 Å². The van der Waals surface area contributed by atoms with Crippen molar-refractivity contribution in [2.24, 2.45) is 0 Å². The Morgan fingerprint density at radius 1 is 1.15 bits per heavy atom. The van der Waals surface area contributed by atoms with Crippen molar-refractivity contribution < 1.29 is 0 Å². The van der Waals surface area contributed by atoms with Crippen LogP contribution in [0.15, 0.2) is 18.2 Å². The van der Waals surface area contributed by atoms with Crippen LogP contribution in [0, 0.1) is 0 Å². The number of aromatic amines is 1. The van der Waals surface area contributed by atoms with Gasteiger partial charge in [-0.2, -0.15) is 4.98 Å². The van der Waals surface area contributed by atoms with Gasteiger partial charge in [0.1, 0.15) is 5.82 Å². The number of nitrogens with one attached hydrogen (secondary N) is 2. The average molecular weight is 312 g/mol. The van der Waals surface area contributed by atoms with Crippen LogP contribution in [-0.2, 0) is 6.42 Å². The molecule has 0 atom stereocenters. The highest BCUT2D eigenvalue weighted by atomic mass is 35.5. The van der Waals surface area contributed by atoms with Crippen LogP contribution in [0.1, 0.15) is 11.4 Å². The first-order valence-electron chi connectivity index (χ1n) is 6.53. The van der Waals surface area contributed by atoms with E-state index in [1.807, 2.05) is 12.1 Å². The Morgan fingerprint density at radius 3 is 2.70 bits per heavy atom. The molecule has 7 heteroatoms. The summed E-state index contributed by atoms with van der Waals surface area (Å²) in [6, 6.07) is 5.60. The number of halogens is 2. The number of H-pyrrole nitrogens is 1. The third kappa shape index (κ3) is 3.06. The zero-order chi connectivity index (χ0) is 13.9. The topological polar surface area (TPSA) is 56.8 Å². The highest BCUT2D eigenvalue weighted by Gasteiger charge is 2.15. The van der Waals surface area contributed by atoms with Crippen LogP contribution in [0.4, 0.5) is 5.95 Å². The molecule has 1 aromatic heterocycles. The summed E-state index contributed by atoms with van der Waals surface area (Å²) in [6.45, 7) is 3.81. The maximum atomic E-state index is 6.01. The molecule has 1 aromatic carbocycles. The smallest absolute Gasteiger partial charge is 0.244 e. The molecule has 0 spiro atoms. The van der Waals surface area contributed by atoms with Crippen molar-refractivity contribution in [1.29, 1.82) is 0 Å². The lowest BCUT2D eigenvalue weighted by molar-refractivity contribution is 0.580. The van der Waals surface area contributed by atoms with Crippen LogP contribution in [0.2, 0.25) is 10.0 Å². The second-order valence-electron chi connectivity index (χ2n) is 4.74. The molecule has 1 aliphatic heterocycles. The molecule has 1 saturated heterocycles. The Labute approximate surface area is 127 Å². The number of hydrogen-bond acceptors (Lipinski definition) is 4. The summed E-state index contributed by atoms with van der Waals surface area (Å²) >= 11 is 11.9. The lowest BCUT2D eigenvalue weighted by Gasteiger charge is -2.25. The van der Waals surface area contributed by atoms with Gasteiger partial charge in [-0.3, -0.25) is 5.10 Å². The van der Waals surface area contributed by atoms with Crippen LogP contribution in [0.3, 0.4) is 0 Å². The van der Waals surface area contributed by atoms with Gasteiger partial charge in [-0.05, 0) is 17.7 Å². The van der Waals surface area contributed by atoms with E-state index in [1.165, 1.54) is 0 Å². The Bertz CT molecular complexity index is 592. The first-order chi connectivity index (χ1) is 9.72. The molecule has 1 fully saturated rings. The Hall–Kier alpha value is -1.30. The minimum atomic E-state index is 0.561. The third-order valence-corrected chi connectivity index (χ3v) is 4.01. The molecule has 106 valence electrons. The Kier molecular flexibility index (Phi) is 4.10. The average Bonchev–Trinajstić information content (AvgIpc) is 2.92. The van der Waals surface area contributed by atoms with E-state index in [9.17, 15) is 0 Å². The molecular formula is C13H15Cl2N5. The third-order valence-electron chi connectivity index (χ3n) is 3.28. The summed E-state index contributed by atoms with van der Waals surface area (Å²) in [5.74, 6) is 1.60. The summed E-state index contributed by atoms with van der Waals surface area (Å²) in [5.41, 5.74) is 1.06. The van der Waals surface area contributed by atoms with Gasteiger partial charge in [0.25, 0.3) is 0 Å². The van der Waals surface area contributed by atoms with Crippen molar-refractivity contribution in [3.8, 4) is 0 Å². The Balaban J connectivity index is 1.71. The molecule has 2 N–H and O–H groups in total. The number of piperazine rings is 1. The fraction of sp³-hybridized carbons (Fsp3) is 0.385. The van der Waals surface area contributed by atoms with Crippen molar-refractivity contribution in [2.45, 2.75) is 6.42 Å². The monoisotopic (exact) mass is 311 g/mol. The number of anilines is 1. The van der Waals surface area contributed by atoms with E-state index in [4.69, 9.17) is 23.2 Å². The zero-order valence-corrected chi connectivity index (χ0v) is 12.4. The lowest BCUT2D eigenvalue weighted by Crippen LogP contribution is -2.44. The molecule has 3 rings (SSSR count). The van der Waals surface area contributed by atoms with Crippen LogP contribution < -0.4 is 10.2 Å². The number of aromatic nitrogens is 3. The van der Waals surface area contributed by atoms with Crippen LogP contribution in [0.5, 0.6) is 0 Å². The quantitative estimate of drug-likeness (QED) is 0.911. The molecule has 0 saturated carbocycles. The molecule has 0 unspecified atom stereocenters. The fourth-order valence-electron chi connectivity index (χ4n) is 2.21. The number of benzene rings is 1. The first kappa shape index (κ1) is 13.7. The van der Waals surface area contributed by atoms with E-state index in [1.54, 1.807) is 6.07 Å². The number of nitrogens with zero attached hydrogens (tertiary/aromatic N) is 3. The van der Waals surface area contributed by atoms with E-state index in [-0.39, 0.29) is 0 Å². The SMILES string of the molecule is Clc1ccc(Cc2nc(N3CCNCC3)n[nH]2)cc1Cl. The first-order valence-corrected chi connectivity index (χ1v) is 7.29. The summed E-state index contributed by atoms with van der Waals surface area (Å²) < 4.78 is 0. The molecule has 5 nitrogen and oxygen atoms in total. The molecule has 0 radical (unpaired) electrons. The Morgan fingerprint density at radius 2 is 1.95 bits per heavy atom. The molecule has 0 aliphatic carbocycles. The molecule has 2 aromatic rings. The van der Waals surface area contributed by atoms with Crippen molar-refractivity contribution >= 4 is 29.2 Å². The number of rotatable bonds is 3. The molecule has 1 aliphatic rings. The second-order valence-corrected chi connectivity index (χ2v) is 5.56. The summed E-state index contributed by atoms with van der Waals surface area (Å²) in [5, 5.41) is 11.7. The van der Waals surface area contributed by atoms with E-state index in [0.29, 0.717) is 16.5 Å². The zero-order valence-electron chi connectivity index (χ0n) is 10.9. The maximum Gasteiger partial charge on any atom is 0.244 e. The fourth-order valence-corrected chi connectivity index (χ4v) is 2.53. The summed E-state index contributed by atoms with van der Waals surface area (Å²) in [4.78, 5) is 6.71. The molecule has 2 heterocycles. The van der Waals surface area contributed by atoms with Gasteiger partial charge in [0.15, 0.2) is 0 Å². The van der Waals surface area contributed by atoms with Crippen molar-refractivity contribution in [1.82, 2.24) is 20.5 Å². The highest BCUT2D eigenvalue weighted by Crippen LogP contribution is 2.23. The molecule has 0 amide bonds. The standard InChI is InChI=1S/C13H15Cl2N5/c14-10-2-1-9(7-11(10)15)8-12-17-13(19-18-12)20-5-3-16-4-6-20/h1-2,7,16H,3-6,8H2,(H,17,18,19). The van der Waals surface area contributed by atoms with Gasteiger partial charge < -0.3 is 10.2 Å². The van der Waals surface area contributed by atoms with E-state index in [0.717, 1.165) is 43.5 Å². The molecular weight excluding hydrogens is 297 g/mol. The second kappa shape index (κ2) is 5.99. The van der Waals surface area contributed by atoms with Crippen molar-refractivity contribution in [2.75, 3.05) is 31.1 Å². The van der Waals surface area contributed by atoms with Gasteiger partial charge in [-0.15, -0.1) is 5.10 Å². The van der Waals surface area contributed by atoms with E-state index in [2.05, 4.69) is 25.4 Å². The highest BCUT2D eigenvalue weighted by molar-refractivity contribution is 6.42. The van der Waals surface area contributed by atoms with Crippen LogP contribution in [-0.4, -0.2) is 41.4 Å². The van der Waals surface area contributed by atoms with E-state index >= 15 is 0 Å². The van der Waals surface area contributed by atoms with E-state index < -0.39 is 0 Å². The van der Waals surface area contributed by atoms with Crippen LogP contribution in [0.25, 0.3) is 0 Å². The summed E-state index contributed by atoms with van der Waals surface area (Å²) in [6.07, 6.45) is 0.663. The largest absolute Gasteiger partial charge is 0.337 e. The lowest BCUT2D eigenvalue weighted by atomic mass is 10.1. The normalized spacial score (nSPS) is 15.6. The molecule has 0 bridgehead atoms. The van der Waals surface area contributed by atoms with Crippen LogP contribution >= 0.6 is 23.2 Å². The minimum absolute atomic E-state index is 0.561. The van der Waals surface area contributed by atoms with Gasteiger partial charge in [0.2, 0.25) is 5.95 Å². The predicted molar refractivity (Wildman–Crippen MR) is 80.7 cm³/mol. The summed E-state index contributed by atoms with van der Waals surface area (Å²) in [7, 11) is 0. The van der Waals surface area contributed by atoms with Gasteiger partial charge in [0.05, 0.1) is 10.0 Å². The van der Waals surface area contributed by atoms with Gasteiger partial charge in [0, 0.05) is 32.6 Å². The van der Waals surface area contributed by atoms with Crippen molar-refractivity contribution in [3.05, 3.63) is 39.6 Å². The molecule has 20 heavy (non-hydrogen) atoms. The van der Waals surface area contributed by atoms with Gasteiger partial charge in [-0.25, -0.2) is 0 Å². The predicted octanol–water partition coefficient (Wildman–Crippen LogP) is 2.11.